The number of hydrogen-bond donors (Lipinski definition) is 2. The molecule has 0 aliphatic carbocycles. The predicted molar refractivity (Wildman–Crippen MR) is 114 cm³/mol. The van der Waals surface area contributed by atoms with Gasteiger partial charge in [-0.2, -0.15) is 0 Å². The Morgan fingerprint density at radius 1 is 0.897 bits per heavy atom. The predicted octanol–water partition coefficient (Wildman–Crippen LogP) is 4.26. The monoisotopic (exact) mass is 408 g/mol. The lowest BCUT2D eigenvalue weighted by Gasteiger charge is -2.09. The summed E-state index contributed by atoms with van der Waals surface area (Å²) >= 11 is 1.67. The van der Waals surface area contributed by atoms with Crippen molar-refractivity contribution in [3.8, 4) is 11.1 Å². The molecule has 0 spiro atoms. The third kappa shape index (κ3) is 5.93. The number of carbonyl (C=O) groups excluding carboxylic acids is 2. The maximum atomic E-state index is 13.2. The molecule has 6 heteroatoms. The van der Waals surface area contributed by atoms with Crippen molar-refractivity contribution < 1.29 is 14.0 Å². The van der Waals surface area contributed by atoms with Gasteiger partial charge in [-0.1, -0.05) is 36.4 Å². The van der Waals surface area contributed by atoms with Crippen LogP contribution in [-0.4, -0.2) is 24.6 Å². The van der Waals surface area contributed by atoms with Crippen molar-refractivity contribution in [2.45, 2.75) is 11.4 Å². The van der Waals surface area contributed by atoms with Gasteiger partial charge in [-0.25, -0.2) is 4.39 Å². The lowest BCUT2D eigenvalue weighted by molar-refractivity contribution is -0.120. The fraction of sp³-hybridized carbons (Fsp3) is 0.130. The molecule has 148 valence electrons. The molecule has 2 amide bonds. The second-order valence-corrected chi connectivity index (χ2v) is 7.28. The molecule has 0 aliphatic heterocycles. The van der Waals surface area contributed by atoms with Crippen LogP contribution in [0.15, 0.2) is 77.7 Å². The molecule has 3 aromatic rings. The van der Waals surface area contributed by atoms with E-state index in [0.29, 0.717) is 11.1 Å². The summed E-state index contributed by atoms with van der Waals surface area (Å²) in [6.07, 6.45) is 2.02. The number of halogens is 1. The summed E-state index contributed by atoms with van der Waals surface area (Å²) in [4.78, 5) is 25.5. The van der Waals surface area contributed by atoms with Crippen LogP contribution in [0, 0.1) is 5.82 Å². The van der Waals surface area contributed by atoms with E-state index in [1.54, 1.807) is 36.0 Å². The summed E-state index contributed by atoms with van der Waals surface area (Å²) in [7, 11) is 0. The van der Waals surface area contributed by atoms with Crippen molar-refractivity contribution in [2.75, 3.05) is 12.8 Å². The van der Waals surface area contributed by atoms with E-state index in [1.165, 1.54) is 17.0 Å². The maximum absolute atomic E-state index is 13.2. The van der Waals surface area contributed by atoms with E-state index < -0.39 is 0 Å². The minimum absolute atomic E-state index is 0.152. The molecule has 0 aromatic heterocycles. The number of thioether (sulfide) groups is 1. The Hall–Kier alpha value is -3.12. The van der Waals surface area contributed by atoms with E-state index in [4.69, 9.17) is 0 Å². The number of hydrogen-bond acceptors (Lipinski definition) is 3. The van der Waals surface area contributed by atoms with Crippen LogP contribution in [0.3, 0.4) is 0 Å². The molecular weight excluding hydrogens is 387 g/mol. The standard InChI is InChI=1S/C23H21FN2O2S/c1-29-21-10-8-17(9-11-21)18-5-3-6-19(13-18)23(28)26-15-22(27)25-14-16-4-2-7-20(24)12-16/h2-13H,14-15H2,1H3,(H,25,27)(H,26,28). The fourth-order valence-corrected chi connectivity index (χ4v) is 3.20. The van der Waals surface area contributed by atoms with Gasteiger partial charge >= 0.3 is 0 Å². The fourth-order valence-electron chi connectivity index (χ4n) is 2.80. The second kappa shape index (κ2) is 9.89. The van der Waals surface area contributed by atoms with Crippen molar-refractivity contribution in [3.05, 3.63) is 89.7 Å². The molecule has 0 bridgehead atoms. The van der Waals surface area contributed by atoms with Crippen molar-refractivity contribution in [1.29, 1.82) is 0 Å². The third-order valence-electron chi connectivity index (χ3n) is 4.34. The maximum Gasteiger partial charge on any atom is 0.251 e. The van der Waals surface area contributed by atoms with Crippen LogP contribution in [0.2, 0.25) is 0 Å². The lowest BCUT2D eigenvalue weighted by Crippen LogP contribution is -2.36. The van der Waals surface area contributed by atoms with E-state index in [0.717, 1.165) is 11.1 Å². The van der Waals surface area contributed by atoms with E-state index in [-0.39, 0.29) is 30.7 Å². The van der Waals surface area contributed by atoms with Gasteiger partial charge in [0.2, 0.25) is 5.91 Å². The number of carbonyl (C=O) groups is 2. The van der Waals surface area contributed by atoms with Gasteiger partial charge in [0.05, 0.1) is 6.54 Å². The summed E-state index contributed by atoms with van der Waals surface area (Å²) < 4.78 is 13.2. The Kier molecular flexibility index (Phi) is 7.03. The normalized spacial score (nSPS) is 10.4. The van der Waals surface area contributed by atoms with Crippen LogP contribution in [0.25, 0.3) is 11.1 Å². The van der Waals surface area contributed by atoms with Crippen LogP contribution in [-0.2, 0) is 11.3 Å². The number of rotatable bonds is 7. The summed E-state index contributed by atoms with van der Waals surface area (Å²) in [5.41, 5.74) is 3.09. The molecule has 0 aliphatic rings. The Balaban J connectivity index is 1.55. The Labute approximate surface area is 173 Å². The van der Waals surface area contributed by atoms with Crippen molar-refractivity contribution in [3.63, 3.8) is 0 Å². The zero-order valence-corrected chi connectivity index (χ0v) is 16.8. The van der Waals surface area contributed by atoms with Gasteiger partial charge in [-0.15, -0.1) is 11.8 Å². The highest BCUT2D eigenvalue weighted by Gasteiger charge is 2.09. The zero-order chi connectivity index (χ0) is 20.6. The van der Waals surface area contributed by atoms with Gasteiger partial charge in [0.25, 0.3) is 5.91 Å². The average Bonchev–Trinajstić information content (AvgIpc) is 2.76. The molecule has 2 N–H and O–H groups in total. The van der Waals surface area contributed by atoms with Crippen molar-refractivity contribution in [1.82, 2.24) is 10.6 Å². The molecule has 4 nitrogen and oxygen atoms in total. The summed E-state index contributed by atoms with van der Waals surface area (Å²) in [5, 5.41) is 5.27. The average molecular weight is 408 g/mol. The summed E-state index contributed by atoms with van der Waals surface area (Å²) in [6, 6.07) is 21.4. The molecule has 29 heavy (non-hydrogen) atoms. The first-order chi connectivity index (χ1) is 14.0. The molecule has 3 rings (SSSR count). The Morgan fingerprint density at radius 3 is 2.38 bits per heavy atom. The lowest BCUT2D eigenvalue weighted by atomic mass is 10.0. The van der Waals surface area contributed by atoms with E-state index in [9.17, 15) is 14.0 Å². The number of nitrogens with one attached hydrogen (secondary N) is 2. The van der Waals surface area contributed by atoms with Crippen LogP contribution < -0.4 is 10.6 Å². The number of benzene rings is 3. The van der Waals surface area contributed by atoms with Crippen molar-refractivity contribution in [2.24, 2.45) is 0 Å². The van der Waals surface area contributed by atoms with E-state index >= 15 is 0 Å². The van der Waals surface area contributed by atoms with Gasteiger partial charge in [0.1, 0.15) is 5.82 Å². The smallest absolute Gasteiger partial charge is 0.251 e. The largest absolute Gasteiger partial charge is 0.350 e. The highest BCUT2D eigenvalue weighted by molar-refractivity contribution is 7.98. The zero-order valence-electron chi connectivity index (χ0n) is 15.9. The van der Waals surface area contributed by atoms with Gasteiger partial charge in [0.15, 0.2) is 0 Å². The molecule has 0 atom stereocenters. The van der Waals surface area contributed by atoms with Crippen molar-refractivity contribution >= 4 is 23.6 Å². The first-order valence-electron chi connectivity index (χ1n) is 9.09. The molecule has 3 aromatic carbocycles. The van der Waals surface area contributed by atoms with Crippen LogP contribution in [0.5, 0.6) is 0 Å². The van der Waals surface area contributed by atoms with Gasteiger partial charge in [-0.3, -0.25) is 9.59 Å². The minimum atomic E-state index is -0.354. The highest BCUT2D eigenvalue weighted by atomic mass is 32.2. The van der Waals surface area contributed by atoms with Gasteiger partial charge < -0.3 is 10.6 Å². The SMILES string of the molecule is CSc1ccc(-c2cccc(C(=O)NCC(=O)NCc3cccc(F)c3)c2)cc1. The Morgan fingerprint density at radius 2 is 1.66 bits per heavy atom. The van der Waals surface area contributed by atoms with Crippen LogP contribution >= 0.6 is 11.8 Å². The third-order valence-corrected chi connectivity index (χ3v) is 5.08. The highest BCUT2D eigenvalue weighted by Crippen LogP contribution is 2.23. The second-order valence-electron chi connectivity index (χ2n) is 6.40. The first-order valence-corrected chi connectivity index (χ1v) is 10.3. The Bertz CT molecular complexity index is 1010. The summed E-state index contributed by atoms with van der Waals surface area (Å²) in [6.45, 7) is 0.0504. The van der Waals surface area contributed by atoms with Crippen LogP contribution in [0.1, 0.15) is 15.9 Å². The molecular formula is C23H21FN2O2S. The van der Waals surface area contributed by atoms with E-state index in [1.807, 2.05) is 42.7 Å². The molecule has 0 radical (unpaired) electrons. The minimum Gasteiger partial charge on any atom is -0.350 e. The van der Waals surface area contributed by atoms with Crippen LogP contribution in [0.4, 0.5) is 4.39 Å². The topological polar surface area (TPSA) is 58.2 Å². The quantitative estimate of drug-likeness (QED) is 0.575. The molecule has 0 saturated heterocycles. The van der Waals surface area contributed by atoms with Gasteiger partial charge in [0, 0.05) is 17.0 Å². The molecule has 0 saturated carbocycles. The number of amides is 2. The van der Waals surface area contributed by atoms with E-state index in [2.05, 4.69) is 10.6 Å². The summed E-state index contributed by atoms with van der Waals surface area (Å²) in [5.74, 6) is -1.02. The first kappa shape index (κ1) is 20.6. The van der Waals surface area contributed by atoms with Gasteiger partial charge in [-0.05, 0) is 59.3 Å². The molecule has 0 fully saturated rings. The molecule has 0 unspecified atom stereocenters. The molecule has 0 heterocycles.